The summed E-state index contributed by atoms with van der Waals surface area (Å²) in [4.78, 5) is 0. The zero-order valence-corrected chi connectivity index (χ0v) is 13.7. The van der Waals surface area contributed by atoms with E-state index in [-0.39, 0.29) is 24.4 Å². The van der Waals surface area contributed by atoms with Gasteiger partial charge in [-0.15, -0.1) is 0 Å². The van der Waals surface area contributed by atoms with E-state index in [4.69, 9.17) is 18.9 Å². The molecule has 5 heteroatoms. The van der Waals surface area contributed by atoms with Crippen molar-refractivity contribution in [2.45, 2.75) is 113 Å². The number of aliphatic hydroxyl groups excluding tert-OH is 1. The van der Waals surface area contributed by atoms with Gasteiger partial charge in [-0.3, -0.25) is 0 Å². The summed E-state index contributed by atoms with van der Waals surface area (Å²) in [6.07, 6.45) is 10.5. The molecule has 0 radical (unpaired) electrons. The highest BCUT2D eigenvalue weighted by molar-refractivity contribution is 5.05. The van der Waals surface area contributed by atoms with Crippen molar-refractivity contribution in [2.24, 2.45) is 0 Å². The van der Waals surface area contributed by atoms with Crippen LogP contribution >= 0.6 is 0 Å². The fourth-order valence-corrected chi connectivity index (χ4v) is 5.39. The van der Waals surface area contributed by atoms with E-state index in [0.29, 0.717) is 6.42 Å². The molecular formula is C18H28O5. The van der Waals surface area contributed by atoms with Crippen LogP contribution in [0.4, 0.5) is 0 Å². The molecule has 3 aliphatic carbocycles. The van der Waals surface area contributed by atoms with Gasteiger partial charge in [0.05, 0.1) is 12.2 Å². The van der Waals surface area contributed by atoms with Crippen LogP contribution in [0, 0.1) is 0 Å². The SMILES string of the molecule is O[C@@H]1C[C@@H]2OC3(CCCCC3)O[C@@H]2[C@@H]2OC3(CCCCC3)O[C@H]21. The van der Waals surface area contributed by atoms with Crippen LogP contribution in [0.25, 0.3) is 0 Å². The molecule has 0 aromatic carbocycles. The third kappa shape index (κ3) is 2.39. The van der Waals surface area contributed by atoms with Crippen LogP contribution in [0.2, 0.25) is 0 Å². The van der Waals surface area contributed by atoms with Crippen molar-refractivity contribution < 1.29 is 24.1 Å². The molecule has 2 spiro atoms. The second-order valence-electron chi connectivity index (χ2n) is 8.15. The fraction of sp³-hybridized carbons (Fsp3) is 1.00. The number of hydrogen-bond acceptors (Lipinski definition) is 5. The molecule has 5 rings (SSSR count). The van der Waals surface area contributed by atoms with Crippen LogP contribution in [0.5, 0.6) is 0 Å². The Kier molecular flexibility index (Phi) is 3.54. The van der Waals surface area contributed by atoms with E-state index >= 15 is 0 Å². The number of aliphatic hydroxyl groups is 1. The molecule has 130 valence electrons. The molecule has 5 atom stereocenters. The summed E-state index contributed by atoms with van der Waals surface area (Å²) in [6.45, 7) is 0. The zero-order valence-electron chi connectivity index (χ0n) is 13.7. The lowest BCUT2D eigenvalue weighted by molar-refractivity contribution is -0.220. The topological polar surface area (TPSA) is 57.2 Å². The average Bonchev–Trinajstić information content (AvgIpc) is 3.08. The van der Waals surface area contributed by atoms with Crippen LogP contribution in [-0.4, -0.2) is 47.2 Å². The van der Waals surface area contributed by atoms with E-state index < -0.39 is 17.7 Å². The molecule has 5 nitrogen and oxygen atoms in total. The van der Waals surface area contributed by atoms with E-state index in [1.807, 2.05) is 0 Å². The van der Waals surface area contributed by atoms with Crippen LogP contribution in [0.1, 0.15) is 70.6 Å². The Hall–Kier alpha value is -0.200. The standard InChI is InChI=1S/C18H28O5/c19-12-11-13-15(22-17(20-13)7-3-1-4-8-17)16-14(12)21-18(23-16)9-5-2-6-10-18/h12-16,19H,1-11H2/t12-,13+,14+,15+,16-/m1/s1. The van der Waals surface area contributed by atoms with Gasteiger partial charge < -0.3 is 24.1 Å². The fourth-order valence-electron chi connectivity index (χ4n) is 5.39. The molecule has 1 N–H and O–H groups in total. The zero-order chi connectivity index (χ0) is 15.5. The maximum Gasteiger partial charge on any atom is 0.169 e. The Morgan fingerprint density at radius 2 is 1.13 bits per heavy atom. The van der Waals surface area contributed by atoms with Gasteiger partial charge >= 0.3 is 0 Å². The van der Waals surface area contributed by atoms with Gasteiger partial charge in [-0.2, -0.15) is 0 Å². The second kappa shape index (κ2) is 5.40. The molecule has 0 unspecified atom stereocenters. The monoisotopic (exact) mass is 324 g/mol. The molecule has 0 aromatic rings. The number of ether oxygens (including phenoxy) is 4. The van der Waals surface area contributed by atoms with Crippen LogP contribution in [0.3, 0.4) is 0 Å². The Morgan fingerprint density at radius 3 is 1.78 bits per heavy atom. The maximum absolute atomic E-state index is 10.6. The lowest BCUT2D eigenvalue weighted by Crippen LogP contribution is -2.53. The molecule has 2 saturated heterocycles. The van der Waals surface area contributed by atoms with Crippen molar-refractivity contribution in [1.82, 2.24) is 0 Å². The smallest absolute Gasteiger partial charge is 0.169 e. The lowest BCUT2D eigenvalue weighted by atomic mass is 9.87. The first-order valence-electron chi connectivity index (χ1n) is 9.58. The Balaban J connectivity index is 1.38. The molecule has 0 amide bonds. The molecule has 0 aromatic heterocycles. The summed E-state index contributed by atoms with van der Waals surface area (Å²) in [5.74, 6) is -0.900. The number of fused-ring (bicyclic) bond motifs is 3. The van der Waals surface area contributed by atoms with Crippen LogP contribution in [0.15, 0.2) is 0 Å². The van der Waals surface area contributed by atoms with Crippen LogP contribution < -0.4 is 0 Å². The minimum Gasteiger partial charge on any atom is -0.390 e. The Bertz CT molecular complexity index is 454. The quantitative estimate of drug-likeness (QED) is 0.742. The summed E-state index contributed by atoms with van der Waals surface area (Å²) in [6, 6.07) is 0. The van der Waals surface area contributed by atoms with E-state index in [1.54, 1.807) is 0 Å². The Morgan fingerprint density at radius 1 is 0.609 bits per heavy atom. The first kappa shape index (κ1) is 15.1. The van der Waals surface area contributed by atoms with Crippen molar-refractivity contribution in [3.8, 4) is 0 Å². The average molecular weight is 324 g/mol. The van der Waals surface area contributed by atoms with Crippen molar-refractivity contribution >= 4 is 0 Å². The van der Waals surface area contributed by atoms with E-state index in [1.165, 1.54) is 12.8 Å². The lowest BCUT2D eigenvalue weighted by Gasteiger charge is -2.34. The van der Waals surface area contributed by atoms with Gasteiger partial charge in [0, 0.05) is 32.1 Å². The van der Waals surface area contributed by atoms with Gasteiger partial charge in [0.15, 0.2) is 11.6 Å². The molecular weight excluding hydrogens is 296 g/mol. The summed E-state index contributed by atoms with van der Waals surface area (Å²) >= 11 is 0. The maximum atomic E-state index is 10.6. The normalized spacial score (nSPS) is 47.6. The number of rotatable bonds is 0. The van der Waals surface area contributed by atoms with Gasteiger partial charge in [0.1, 0.15) is 18.3 Å². The van der Waals surface area contributed by atoms with Crippen molar-refractivity contribution in [2.75, 3.05) is 0 Å². The highest BCUT2D eigenvalue weighted by Crippen LogP contribution is 2.51. The third-order valence-corrected chi connectivity index (χ3v) is 6.52. The van der Waals surface area contributed by atoms with Gasteiger partial charge in [-0.25, -0.2) is 0 Å². The van der Waals surface area contributed by atoms with Crippen molar-refractivity contribution in [1.29, 1.82) is 0 Å². The second-order valence-corrected chi connectivity index (χ2v) is 8.15. The van der Waals surface area contributed by atoms with Gasteiger partial charge in [-0.1, -0.05) is 12.8 Å². The minimum absolute atomic E-state index is 0.0494. The first-order valence-corrected chi connectivity index (χ1v) is 9.58. The largest absolute Gasteiger partial charge is 0.390 e. The molecule has 0 bridgehead atoms. The van der Waals surface area contributed by atoms with E-state index in [0.717, 1.165) is 51.4 Å². The highest BCUT2D eigenvalue weighted by Gasteiger charge is 2.62. The predicted octanol–water partition coefficient (Wildman–Crippen LogP) is 2.64. The summed E-state index contributed by atoms with van der Waals surface area (Å²) < 4.78 is 25.5. The summed E-state index contributed by atoms with van der Waals surface area (Å²) in [5.41, 5.74) is 0. The summed E-state index contributed by atoms with van der Waals surface area (Å²) in [7, 11) is 0. The van der Waals surface area contributed by atoms with Crippen LogP contribution in [-0.2, 0) is 18.9 Å². The van der Waals surface area contributed by atoms with E-state index in [9.17, 15) is 5.11 Å². The molecule has 2 aliphatic heterocycles. The van der Waals surface area contributed by atoms with Gasteiger partial charge in [0.2, 0.25) is 0 Å². The third-order valence-electron chi connectivity index (χ3n) is 6.52. The van der Waals surface area contributed by atoms with E-state index in [2.05, 4.69) is 0 Å². The Labute approximate surface area is 137 Å². The molecule has 5 fully saturated rings. The molecule has 23 heavy (non-hydrogen) atoms. The van der Waals surface area contributed by atoms with Crippen molar-refractivity contribution in [3.63, 3.8) is 0 Å². The molecule has 5 aliphatic rings. The molecule has 3 saturated carbocycles. The summed E-state index contributed by atoms with van der Waals surface area (Å²) in [5, 5.41) is 10.6. The molecule has 2 heterocycles. The van der Waals surface area contributed by atoms with Gasteiger partial charge in [-0.05, 0) is 25.7 Å². The van der Waals surface area contributed by atoms with Gasteiger partial charge in [0.25, 0.3) is 0 Å². The minimum atomic E-state index is -0.509. The predicted molar refractivity (Wildman–Crippen MR) is 81.7 cm³/mol. The highest BCUT2D eigenvalue weighted by atomic mass is 16.8. The number of hydrogen-bond donors (Lipinski definition) is 1. The van der Waals surface area contributed by atoms with Crippen molar-refractivity contribution in [3.05, 3.63) is 0 Å². The first-order chi connectivity index (χ1) is 11.2.